The van der Waals surface area contributed by atoms with Crippen molar-refractivity contribution in [1.29, 1.82) is 0 Å². The number of hydrogen-bond acceptors (Lipinski definition) is 4. The molecule has 1 atom stereocenters. The third-order valence-electron chi connectivity index (χ3n) is 2.62. The monoisotopic (exact) mass is 276 g/mol. The Morgan fingerprint density at radius 1 is 1.21 bits per heavy atom. The van der Waals surface area contributed by atoms with Crippen LogP contribution in [0.3, 0.4) is 0 Å². The summed E-state index contributed by atoms with van der Waals surface area (Å²) >= 11 is -2.32. The van der Waals surface area contributed by atoms with Gasteiger partial charge in [0.25, 0.3) is 0 Å². The van der Waals surface area contributed by atoms with Crippen molar-refractivity contribution >= 4 is 22.2 Å². The molecule has 0 amide bonds. The summed E-state index contributed by atoms with van der Waals surface area (Å²) in [5, 5.41) is 0. The van der Waals surface area contributed by atoms with Gasteiger partial charge in [0, 0.05) is 10.5 Å². The molecule has 0 bridgehead atoms. The molecule has 3 aromatic rings. The van der Waals surface area contributed by atoms with Gasteiger partial charge in [-0.25, -0.2) is 9.37 Å². The standard InChI is InChI=1S/C13H8FNO3S/c14-9-3-1-2-8(6-9)13-15-11-5-4-10(19(16)17)7-12(11)18-13/h1-7H,(H,16,17)/p-1. The zero-order valence-electron chi connectivity index (χ0n) is 9.50. The second-order valence-electron chi connectivity index (χ2n) is 3.89. The SMILES string of the molecule is O=S([O-])c1ccc2nc(-c3cccc(F)c3)oc2c1. The fourth-order valence-electron chi connectivity index (χ4n) is 1.75. The summed E-state index contributed by atoms with van der Waals surface area (Å²) in [6.45, 7) is 0. The van der Waals surface area contributed by atoms with Gasteiger partial charge in [-0.2, -0.15) is 0 Å². The smallest absolute Gasteiger partial charge is 0.227 e. The van der Waals surface area contributed by atoms with Gasteiger partial charge in [-0.1, -0.05) is 6.07 Å². The molecule has 0 saturated carbocycles. The second-order valence-corrected chi connectivity index (χ2v) is 4.83. The van der Waals surface area contributed by atoms with Gasteiger partial charge in [-0.15, -0.1) is 0 Å². The topological polar surface area (TPSA) is 66.2 Å². The van der Waals surface area contributed by atoms with Gasteiger partial charge >= 0.3 is 0 Å². The van der Waals surface area contributed by atoms with Crippen molar-refractivity contribution in [3.05, 3.63) is 48.3 Å². The normalized spacial score (nSPS) is 12.7. The Balaban J connectivity index is 2.14. The summed E-state index contributed by atoms with van der Waals surface area (Å²) in [6, 6.07) is 10.2. The average Bonchev–Trinajstić information content (AvgIpc) is 2.81. The Labute approximate surface area is 110 Å². The molecule has 1 heterocycles. The third-order valence-corrected chi connectivity index (χ3v) is 3.26. The van der Waals surface area contributed by atoms with E-state index in [1.54, 1.807) is 18.2 Å². The van der Waals surface area contributed by atoms with Crippen LogP contribution < -0.4 is 0 Å². The highest BCUT2D eigenvalue weighted by atomic mass is 32.2. The Morgan fingerprint density at radius 3 is 2.79 bits per heavy atom. The number of halogens is 1. The lowest BCUT2D eigenvalue weighted by Crippen LogP contribution is -1.86. The maximum atomic E-state index is 13.1. The van der Waals surface area contributed by atoms with Crippen LogP contribution in [-0.2, 0) is 11.1 Å². The van der Waals surface area contributed by atoms with E-state index in [1.807, 2.05) is 0 Å². The van der Waals surface area contributed by atoms with Gasteiger partial charge in [-0.3, -0.25) is 4.21 Å². The first-order chi connectivity index (χ1) is 9.13. The number of benzene rings is 2. The van der Waals surface area contributed by atoms with E-state index in [1.165, 1.54) is 24.3 Å². The first-order valence-electron chi connectivity index (χ1n) is 5.39. The predicted molar refractivity (Wildman–Crippen MR) is 66.6 cm³/mol. The van der Waals surface area contributed by atoms with Gasteiger partial charge < -0.3 is 8.97 Å². The number of aromatic nitrogens is 1. The van der Waals surface area contributed by atoms with Gasteiger partial charge in [0.05, 0.1) is 0 Å². The van der Waals surface area contributed by atoms with E-state index < -0.39 is 11.1 Å². The van der Waals surface area contributed by atoms with Crippen molar-refractivity contribution in [2.45, 2.75) is 4.90 Å². The van der Waals surface area contributed by atoms with Gasteiger partial charge in [-0.05, 0) is 47.5 Å². The zero-order chi connectivity index (χ0) is 13.4. The molecule has 1 aromatic heterocycles. The molecule has 4 nitrogen and oxygen atoms in total. The highest BCUT2D eigenvalue weighted by Crippen LogP contribution is 2.25. The van der Waals surface area contributed by atoms with Gasteiger partial charge in [0.15, 0.2) is 5.58 Å². The Kier molecular flexibility index (Phi) is 2.88. The van der Waals surface area contributed by atoms with Crippen LogP contribution in [0.2, 0.25) is 0 Å². The molecular formula is C13H7FNO3S-. The number of oxazole rings is 1. The molecule has 0 fully saturated rings. The minimum atomic E-state index is -2.32. The fourth-order valence-corrected chi connectivity index (χ4v) is 2.14. The van der Waals surface area contributed by atoms with E-state index in [0.717, 1.165) is 0 Å². The molecule has 3 rings (SSSR count). The minimum Gasteiger partial charge on any atom is -0.768 e. The largest absolute Gasteiger partial charge is 0.768 e. The Morgan fingerprint density at radius 2 is 2.05 bits per heavy atom. The number of nitrogens with zero attached hydrogens (tertiary/aromatic N) is 1. The molecule has 0 N–H and O–H groups in total. The lowest BCUT2D eigenvalue weighted by Gasteiger charge is -2.02. The molecule has 0 aliphatic rings. The molecular weight excluding hydrogens is 269 g/mol. The van der Waals surface area contributed by atoms with E-state index in [4.69, 9.17) is 4.42 Å². The fraction of sp³-hybridized carbons (Fsp3) is 0. The quantitative estimate of drug-likeness (QED) is 0.675. The minimum absolute atomic E-state index is 0.120. The van der Waals surface area contributed by atoms with Crippen LogP contribution in [0.15, 0.2) is 51.8 Å². The van der Waals surface area contributed by atoms with Crippen molar-refractivity contribution in [2.75, 3.05) is 0 Å². The molecule has 1 unspecified atom stereocenters. The average molecular weight is 276 g/mol. The van der Waals surface area contributed by atoms with Crippen molar-refractivity contribution in [1.82, 2.24) is 4.98 Å². The second kappa shape index (κ2) is 4.56. The number of fused-ring (bicyclic) bond motifs is 1. The third kappa shape index (κ3) is 2.27. The highest BCUT2D eigenvalue weighted by molar-refractivity contribution is 7.79. The van der Waals surface area contributed by atoms with Crippen LogP contribution >= 0.6 is 0 Å². The van der Waals surface area contributed by atoms with Crippen LogP contribution in [-0.4, -0.2) is 13.7 Å². The first-order valence-corrected chi connectivity index (χ1v) is 6.47. The molecule has 2 aromatic carbocycles. The van der Waals surface area contributed by atoms with E-state index in [0.29, 0.717) is 16.7 Å². The predicted octanol–water partition coefficient (Wildman–Crippen LogP) is 2.87. The Hall–Kier alpha value is -2.05. The lowest BCUT2D eigenvalue weighted by atomic mass is 10.2. The molecule has 6 heteroatoms. The van der Waals surface area contributed by atoms with Crippen LogP contribution in [0.1, 0.15) is 0 Å². The number of hydrogen-bond donors (Lipinski definition) is 0. The van der Waals surface area contributed by atoms with Crippen LogP contribution in [0, 0.1) is 5.82 Å². The van der Waals surface area contributed by atoms with Crippen molar-refractivity contribution in [3.63, 3.8) is 0 Å². The summed E-state index contributed by atoms with van der Waals surface area (Å²) < 4.78 is 40.3. The maximum Gasteiger partial charge on any atom is 0.227 e. The highest BCUT2D eigenvalue weighted by Gasteiger charge is 2.09. The van der Waals surface area contributed by atoms with Crippen LogP contribution in [0.25, 0.3) is 22.6 Å². The van der Waals surface area contributed by atoms with E-state index in [-0.39, 0.29) is 16.6 Å². The first kappa shape index (κ1) is 12.0. The summed E-state index contributed by atoms with van der Waals surface area (Å²) in [4.78, 5) is 4.31. The molecule has 0 aliphatic heterocycles. The van der Waals surface area contributed by atoms with Crippen LogP contribution in [0.4, 0.5) is 4.39 Å². The van der Waals surface area contributed by atoms with Gasteiger partial charge in [0.2, 0.25) is 5.89 Å². The summed E-state index contributed by atoms with van der Waals surface area (Å²) in [5.74, 6) is -0.135. The molecule has 19 heavy (non-hydrogen) atoms. The molecule has 0 radical (unpaired) electrons. The molecule has 96 valence electrons. The summed E-state index contributed by atoms with van der Waals surface area (Å²) in [6.07, 6.45) is 0. The van der Waals surface area contributed by atoms with Crippen molar-refractivity contribution in [2.24, 2.45) is 0 Å². The summed E-state index contributed by atoms with van der Waals surface area (Å²) in [7, 11) is 0. The maximum absolute atomic E-state index is 13.1. The number of rotatable bonds is 2. The Bertz CT molecular complexity index is 784. The molecule has 0 saturated heterocycles. The van der Waals surface area contributed by atoms with E-state index in [9.17, 15) is 13.2 Å². The van der Waals surface area contributed by atoms with E-state index >= 15 is 0 Å². The van der Waals surface area contributed by atoms with Crippen LogP contribution in [0.5, 0.6) is 0 Å². The summed E-state index contributed by atoms with van der Waals surface area (Å²) in [5.41, 5.74) is 1.37. The molecule has 0 aliphatic carbocycles. The lowest BCUT2D eigenvalue weighted by molar-refractivity contribution is 0.536. The van der Waals surface area contributed by atoms with Crippen molar-refractivity contribution < 1.29 is 17.6 Å². The van der Waals surface area contributed by atoms with Crippen molar-refractivity contribution in [3.8, 4) is 11.5 Å². The van der Waals surface area contributed by atoms with E-state index in [2.05, 4.69) is 4.98 Å². The zero-order valence-corrected chi connectivity index (χ0v) is 10.3. The van der Waals surface area contributed by atoms with Gasteiger partial charge in [0.1, 0.15) is 11.3 Å². The molecule has 0 spiro atoms.